The van der Waals surface area contributed by atoms with E-state index in [9.17, 15) is 17.2 Å². The zero-order valence-corrected chi connectivity index (χ0v) is 14.8. The first kappa shape index (κ1) is 17.6. The molecule has 0 atom stereocenters. The third-order valence-electron chi connectivity index (χ3n) is 4.21. The van der Waals surface area contributed by atoms with Crippen LogP contribution in [0, 0.1) is 11.6 Å². The van der Waals surface area contributed by atoms with Crippen LogP contribution in [0.25, 0.3) is 0 Å². The van der Waals surface area contributed by atoms with E-state index in [0.29, 0.717) is 29.3 Å². The molecule has 3 aromatic rings. The molecule has 9 heteroatoms. The average Bonchev–Trinajstić information content (AvgIpc) is 3.38. The van der Waals surface area contributed by atoms with Crippen molar-refractivity contribution in [3.63, 3.8) is 0 Å². The van der Waals surface area contributed by atoms with Crippen LogP contribution in [-0.4, -0.2) is 18.6 Å². The van der Waals surface area contributed by atoms with Gasteiger partial charge >= 0.3 is 0 Å². The summed E-state index contributed by atoms with van der Waals surface area (Å²) in [6.07, 6.45) is 2.28. The minimum absolute atomic E-state index is 0.212. The van der Waals surface area contributed by atoms with Crippen molar-refractivity contribution in [2.45, 2.75) is 30.1 Å². The molecule has 1 aliphatic rings. The minimum atomic E-state index is -4.31. The van der Waals surface area contributed by atoms with Crippen LogP contribution >= 0.6 is 0 Å². The number of halogens is 2. The highest BCUT2D eigenvalue weighted by molar-refractivity contribution is 7.92. The molecule has 1 N–H and O–H groups in total. The molecule has 0 spiro atoms. The molecule has 2 aromatic carbocycles. The van der Waals surface area contributed by atoms with Gasteiger partial charge in [-0.1, -0.05) is 23.4 Å². The number of rotatable bonds is 6. The SMILES string of the molecule is O=S(=O)(Nc1ccccc1Cc1nc(C2CC2)no1)c1cc(F)ccc1F. The van der Waals surface area contributed by atoms with E-state index in [1.807, 2.05) is 0 Å². The predicted octanol–water partition coefficient (Wildman–Crippen LogP) is 3.62. The van der Waals surface area contributed by atoms with Gasteiger partial charge in [-0.2, -0.15) is 4.98 Å². The second kappa shape index (κ2) is 6.73. The zero-order valence-electron chi connectivity index (χ0n) is 14.0. The molecule has 1 fully saturated rings. The lowest BCUT2D eigenvalue weighted by molar-refractivity contribution is 0.379. The predicted molar refractivity (Wildman–Crippen MR) is 92.7 cm³/mol. The number of para-hydroxylation sites is 1. The Balaban J connectivity index is 1.61. The molecule has 0 unspecified atom stereocenters. The van der Waals surface area contributed by atoms with Crippen molar-refractivity contribution in [1.29, 1.82) is 0 Å². The van der Waals surface area contributed by atoms with E-state index in [2.05, 4.69) is 14.9 Å². The zero-order chi connectivity index (χ0) is 19.0. The Bertz CT molecular complexity index is 1090. The summed E-state index contributed by atoms with van der Waals surface area (Å²) >= 11 is 0. The second-order valence-corrected chi connectivity index (χ2v) is 7.99. The van der Waals surface area contributed by atoms with Gasteiger partial charge in [0.1, 0.15) is 16.5 Å². The standard InChI is InChI=1S/C18H15F2N3O3S/c19-13-7-8-14(20)16(10-13)27(24,25)23-15-4-2-1-3-12(15)9-17-21-18(22-26-17)11-5-6-11/h1-4,7-8,10-11,23H,5-6,9H2. The third kappa shape index (κ3) is 3.82. The largest absolute Gasteiger partial charge is 0.339 e. The van der Waals surface area contributed by atoms with Gasteiger partial charge in [-0.05, 0) is 42.7 Å². The lowest BCUT2D eigenvalue weighted by Gasteiger charge is -2.12. The van der Waals surface area contributed by atoms with Crippen LogP contribution in [0.3, 0.4) is 0 Å². The number of hydrogen-bond acceptors (Lipinski definition) is 5. The number of sulfonamides is 1. The summed E-state index contributed by atoms with van der Waals surface area (Å²) in [6.45, 7) is 0. The highest BCUT2D eigenvalue weighted by atomic mass is 32.2. The first-order valence-corrected chi connectivity index (χ1v) is 9.79. The number of nitrogens with zero attached hydrogens (tertiary/aromatic N) is 2. The fourth-order valence-corrected chi connectivity index (χ4v) is 3.86. The van der Waals surface area contributed by atoms with E-state index >= 15 is 0 Å². The molecule has 1 saturated carbocycles. The number of aromatic nitrogens is 2. The van der Waals surface area contributed by atoms with Crippen molar-refractivity contribution in [3.8, 4) is 0 Å². The monoisotopic (exact) mass is 391 g/mol. The van der Waals surface area contributed by atoms with Gasteiger partial charge in [-0.25, -0.2) is 17.2 Å². The molecule has 0 bridgehead atoms. The average molecular weight is 391 g/mol. The lowest BCUT2D eigenvalue weighted by Crippen LogP contribution is -2.16. The Kier molecular flexibility index (Phi) is 4.39. The molecular weight excluding hydrogens is 376 g/mol. The maximum atomic E-state index is 13.9. The molecule has 0 amide bonds. The Labute approximate surface area is 154 Å². The van der Waals surface area contributed by atoms with Gasteiger partial charge in [0.25, 0.3) is 10.0 Å². The maximum absolute atomic E-state index is 13.9. The van der Waals surface area contributed by atoms with E-state index in [0.717, 1.165) is 25.0 Å². The second-order valence-electron chi connectivity index (χ2n) is 6.33. The van der Waals surface area contributed by atoms with Gasteiger partial charge < -0.3 is 4.52 Å². The van der Waals surface area contributed by atoms with Gasteiger partial charge in [0.05, 0.1) is 12.1 Å². The van der Waals surface area contributed by atoms with E-state index in [4.69, 9.17) is 4.52 Å². The smallest absolute Gasteiger partial charge is 0.264 e. The minimum Gasteiger partial charge on any atom is -0.339 e. The molecule has 0 aliphatic heterocycles. The van der Waals surface area contributed by atoms with Gasteiger partial charge in [-0.15, -0.1) is 0 Å². The molecule has 1 aliphatic carbocycles. The van der Waals surface area contributed by atoms with Crippen molar-refractivity contribution in [2.75, 3.05) is 4.72 Å². The van der Waals surface area contributed by atoms with Crippen molar-refractivity contribution in [1.82, 2.24) is 10.1 Å². The van der Waals surface area contributed by atoms with Crippen LogP contribution in [0.2, 0.25) is 0 Å². The molecule has 1 heterocycles. The van der Waals surface area contributed by atoms with Gasteiger partial charge in [-0.3, -0.25) is 4.72 Å². The number of hydrogen-bond donors (Lipinski definition) is 1. The molecule has 27 heavy (non-hydrogen) atoms. The maximum Gasteiger partial charge on any atom is 0.264 e. The first-order chi connectivity index (χ1) is 12.9. The van der Waals surface area contributed by atoms with Crippen molar-refractivity contribution in [3.05, 3.63) is 71.4 Å². The van der Waals surface area contributed by atoms with Gasteiger partial charge in [0.2, 0.25) is 5.89 Å². The molecule has 0 saturated heterocycles. The molecular formula is C18H15F2N3O3S. The molecule has 6 nitrogen and oxygen atoms in total. The van der Waals surface area contributed by atoms with Gasteiger partial charge in [0.15, 0.2) is 5.82 Å². The Morgan fingerprint density at radius 3 is 2.70 bits per heavy atom. The number of nitrogens with one attached hydrogen (secondary N) is 1. The van der Waals surface area contributed by atoms with E-state index in [-0.39, 0.29) is 12.1 Å². The van der Waals surface area contributed by atoms with Crippen LogP contribution in [0.5, 0.6) is 0 Å². The number of benzene rings is 2. The number of anilines is 1. The summed E-state index contributed by atoms with van der Waals surface area (Å²) in [5, 5.41) is 3.93. The Hall–Kier alpha value is -2.81. The third-order valence-corrected chi connectivity index (χ3v) is 5.59. The summed E-state index contributed by atoms with van der Waals surface area (Å²) in [6, 6.07) is 8.85. The van der Waals surface area contributed by atoms with E-state index in [1.165, 1.54) is 6.07 Å². The molecule has 0 radical (unpaired) electrons. The van der Waals surface area contributed by atoms with Crippen LogP contribution in [0.15, 0.2) is 51.9 Å². The quantitative estimate of drug-likeness (QED) is 0.694. The van der Waals surface area contributed by atoms with Crippen molar-refractivity contribution < 1.29 is 21.7 Å². The summed E-state index contributed by atoms with van der Waals surface area (Å²) in [7, 11) is -4.31. The Morgan fingerprint density at radius 1 is 1.15 bits per heavy atom. The first-order valence-electron chi connectivity index (χ1n) is 8.30. The van der Waals surface area contributed by atoms with Crippen LogP contribution in [0.4, 0.5) is 14.5 Å². The highest BCUT2D eigenvalue weighted by Crippen LogP contribution is 2.38. The molecule has 1 aromatic heterocycles. The molecule has 4 rings (SSSR count). The Morgan fingerprint density at radius 2 is 1.93 bits per heavy atom. The lowest BCUT2D eigenvalue weighted by atomic mass is 10.1. The summed E-state index contributed by atoms with van der Waals surface area (Å²) < 4.78 is 59.8. The van der Waals surface area contributed by atoms with Gasteiger partial charge in [0, 0.05) is 5.92 Å². The summed E-state index contributed by atoms with van der Waals surface area (Å²) in [5.74, 6) is -0.520. The van der Waals surface area contributed by atoms with Crippen molar-refractivity contribution in [2.24, 2.45) is 0 Å². The fourth-order valence-electron chi connectivity index (χ4n) is 2.67. The van der Waals surface area contributed by atoms with Crippen LogP contribution < -0.4 is 4.72 Å². The van der Waals surface area contributed by atoms with E-state index < -0.39 is 26.6 Å². The summed E-state index contributed by atoms with van der Waals surface area (Å²) in [5.41, 5.74) is 0.802. The highest BCUT2D eigenvalue weighted by Gasteiger charge is 2.29. The summed E-state index contributed by atoms with van der Waals surface area (Å²) in [4.78, 5) is 3.57. The fraction of sp³-hybridized carbons (Fsp3) is 0.222. The van der Waals surface area contributed by atoms with Crippen LogP contribution in [0.1, 0.15) is 36.0 Å². The topological polar surface area (TPSA) is 85.1 Å². The van der Waals surface area contributed by atoms with E-state index in [1.54, 1.807) is 18.2 Å². The van der Waals surface area contributed by atoms with Crippen LogP contribution in [-0.2, 0) is 16.4 Å². The van der Waals surface area contributed by atoms with Crippen molar-refractivity contribution >= 4 is 15.7 Å². The normalized spacial score (nSPS) is 14.3. The molecule has 140 valence electrons.